The normalized spacial score (nSPS) is 19.8. The van der Waals surface area contributed by atoms with E-state index in [9.17, 15) is 0 Å². The van der Waals surface area contributed by atoms with Gasteiger partial charge in [0.2, 0.25) is 0 Å². The van der Waals surface area contributed by atoms with Crippen molar-refractivity contribution in [1.29, 1.82) is 0 Å². The zero-order valence-electron chi connectivity index (χ0n) is 12.4. The lowest BCUT2D eigenvalue weighted by molar-refractivity contribution is 0.178. The molecule has 5 heteroatoms. The zero-order valence-corrected chi connectivity index (χ0v) is 12.4. The van der Waals surface area contributed by atoms with E-state index in [-0.39, 0.29) is 6.04 Å². The van der Waals surface area contributed by atoms with Crippen molar-refractivity contribution in [2.24, 2.45) is 4.99 Å². The Balaban J connectivity index is 2.26. The molecule has 0 bridgehead atoms. The number of aliphatic imine (C=N–C) groups is 1. The molecular formula is C13H28N4O. The van der Waals surface area contributed by atoms with Crippen LogP contribution in [-0.4, -0.2) is 63.3 Å². The minimum absolute atomic E-state index is 0.262. The molecule has 0 spiro atoms. The van der Waals surface area contributed by atoms with Crippen LogP contribution in [0.1, 0.15) is 26.7 Å². The van der Waals surface area contributed by atoms with Crippen LogP contribution in [0.3, 0.4) is 0 Å². The Kier molecular flexibility index (Phi) is 6.43. The van der Waals surface area contributed by atoms with Gasteiger partial charge in [0.25, 0.3) is 0 Å². The molecule has 0 radical (unpaired) electrons. The number of ether oxygens (including phenoxy) is 1. The van der Waals surface area contributed by atoms with Gasteiger partial charge in [-0.05, 0) is 33.7 Å². The molecule has 5 nitrogen and oxygen atoms in total. The molecule has 18 heavy (non-hydrogen) atoms. The van der Waals surface area contributed by atoms with Crippen LogP contribution >= 0.6 is 0 Å². The van der Waals surface area contributed by atoms with Gasteiger partial charge in [-0.2, -0.15) is 0 Å². The smallest absolute Gasteiger partial charge is 0.191 e. The maximum Gasteiger partial charge on any atom is 0.191 e. The van der Waals surface area contributed by atoms with Crippen molar-refractivity contribution in [2.45, 2.75) is 44.8 Å². The molecule has 0 aromatic heterocycles. The van der Waals surface area contributed by atoms with Gasteiger partial charge < -0.3 is 15.4 Å². The quantitative estimate of drug-likeness (QED) is 0.519. The van der Waals surface area contributed by atoms with Crippen LogP contribution in [0.4, 0.5) is 0 Å². The molecule has 1 aliphatic rings. The summed E-state index contributed by atoms with van der Waals surface area (Å²) in [5.41, 5.74) is 0. The van der Waals surface area contributed by atoms with Gasteiger partial charge in [0.15, 0.2) is 5.96 Å². The number of hydrogen-bond acceptors (Lipinski definition) is 3. The molecule has 1 fully saturated rings. The molecule has 0 saturated heterocycles. The van der Waals surface area contributed by atoms with Gasteiger partial charge in [0, 0.05) is 38.8 Å². The summed E-state index contributed by atoms with van der Waals surface area (Å²) >= 11 is 0. The highest BCUT2D eigenvalue weighted by Gasteiger charge is 2.28. The van der Waals surface area contributed by atoms with E-state index in [1.807, 2.05) is 0 Å². The van der Waals surface area contributed by atoms with Gasteiger partial charge in [0.05, 0.1) is 6.61 Å². The van der Waals surface area contributed by atoms with Crippen LogP contribution in [0.2, 0.25) is 0 Å². The molecule has 2 N–H and O–H groups in total. The third-order valence-electron chi connectivity index (χ3n) is 3.41. The van der Waals surface area contributed by atoms with Crippen LogP contribution in [0.5, 0.6) is 0 Å². The number of hydrogen-bond donors (Lipinski definition) is 2. The molecule has 0 amide bonds. The maximum atomic E-state index is 5.10. The van der Waals surface area contributed by atoms with Gasteiger partial charge in [-0.15, -0.1) is 0 Å². The summed E-state index contributed by atoms with van der Waals surface area (Å²) in [6, 6.07) is 1.58. The predicted octanol–water partition coefficient (Wildman–Crippen LogP) is 0.669. The molecular weight excluding hydrogens is 228 g/mol. The second-order valence-corrected chi connectivity index (χ2v) is 5.20. The monoisotopic (exact) mass is 256 g/mol. The minimum atomic E-state index is 0.262. The fraction of sp³-hybridized carbons (Fsp3) is 0.923. The van der Waals surface area contributed by atoms with Gasteiger partial charge in [-0.25, -0.2) is 0 Å². The Bertz CT molecular complexity index is 266. The number of nitrogens with one attached hydrogen (secondary N) is 2. The Hall–Kier alpha value is -0.810. The first-order valence-electron chi connectivity index (χ1n) is 6.76. The van der Waals surface area contributed by atoms with E-state index in [0.29, 0.717) is 12.6 Å². The highest BCUT2D eigenvalue weighted by molar-refractivity contribution is 5.79. The third-order valence-corrected chi connectivity index (χ3v) is 3.41. The van der Waals surface area contributed by atoms with Crippen molar-refractivity contribution in [3.63, 3.8) is 0 Å². The summed E-state index contributed by atoms with van der Waals surface area (Å²) < 4.78 is 5.10. The van der Waals surface area contributed by atoms with Crippen LogP contribution in [0, 0.1) is 0 Å². The summed E-state index contributed by atoms with van der Waals surface area (Å²) in [4.78, 5) is 6.67. The standard InChI is InChI=1S/C13H28N4O/c1-10(9-18-5)16-13(14-3)15-8-11(2)17(4)12-6-7-12/h10-12H,6-9H2,1-5H3,(H2,14,15,16). The Morgan fingerprint density at radius 3 is 2.61 bits per heavy atom. The van der Waals surface area contributed by atoms with Crippen molar-refractivity contribution in [2.75, 3.05) is 34.4 Å². The Labute approximate surface area is 111 Å². The topological polar surface area (TPSA) is 48.9 Å². The van der Waals surface area contributed by atoms with E-state index >= 15 is 0 Å². The number of likely N-dealkylation sites (N-methyl/N-ethyl adjacent to an activating group) is 1. The van der Waals surface area contributed by atoms with Crippen molar-refractivity contribution in [1.82, 2.24) is 15.5 Å². The summed E-state index contributed by atoms with van der Waals surface area (Å²) in [7, 11) is 5.71. The fourth-order valence-corrected chi connectivity index (χ4v) is 1.95. The number of guanidine groups is 1. The second kappa shape index (κ2) is 7.59. The number of rotatable bonds is 7. The van der Waals surface area contributed by atoms with Gasteiger partial charge in [-0.1, -0.05) is 0 Å². The summed E-state index contributed by atoms with van der Waals surface area (Å²) in [6.07, 6.45) is 2.69. The molecule has 1 rings (SSSR count). The van der Waals surface area contributed by atoms with E-state index in [0.717, 1.165) is 18.5 Å². The third kappa shape index (κ3) is 5.23. The molecule has 1 saturated carbocycles. The highest BCUT2D eigenvalue weighted by atomic mass is 16.5. The van der Waals surface area contributed by atoms with E-state index in [2.05, 4.69) is 41.4 Å². The first-order chi connectivity index (χ1) is 8.58. The lowest BCUT2D eigenvalue weighted by Gasteiger charge is -2.26. The largest absolute Gasteiger partial charge is 0.383 e. The van der Waals surface area contributed by atoms with E-state index in [1.54, 1.807) is 14.2 Å². The number of methoxy groups -OCH3 is 1. The Morgan fingerprint density at radius 1 is 1.44 bits per heavy atom. The van der Waals surface area contributed by atoms with Crippen molar-refractivity contribution < 1.29 is 4.74 Å². The maximum absolute atomic E-state index is 5.10. The average Bonchev–Trinajstić information content (AvgIpc) is 3.17. The first kappa shape index (κ1) is 15.2. The van der Waals surface area contributed by atoms with Gasteiger partial charge in [-0.3, -0.25) is 9.89 Å². The van der Waals surface area contributed by atoms with Crippen LogP contribution < -0.4 is 10.6 Å². The summed E-state index contributed by atoms with van der Waals surface area (Å²) in [5.74, 6) is 0.843. The SMILES string of the molecule is CN=C(NCC(C)N(C)C1CC1)NC(C)COC. The van der Waals surface area contributed by atoms with Gasteiger partial charge >= 0.3 is 0 Å². The molecule has 0 aromatic rings. The van der Waals surface area contributed by atoms with E-state index < -0.39 is 0 Å². The lowest BCUT2D eigenvalue weighted by atomic mass is 10.3. The number of nitrogens with zero attached hydrogens (tertiary/aromatic N) is 2. The molecule has 0 aromatic carbocycles. The van der Waals surface area contributed by atoms with Crippen molar-refractivity contribution in [3.8, 4) is 0 Å². The second-order valence-electron chi connectivity index (χ2n) is 5.20. The van der Waals surface area contributed by atoms with Crippen LogP contribution in [0.25, 0.3) is 0 Å². The average molecular weight is 256 g/mol. The molecule has 0 heterocycles. The fourth-order valence-electron chi connectivity index (χ4n) is 1.95. The summed E-state index contributed by atoms with van der Waals surface area (Å²) in [6.45, 7) is 5.91. The predicted molar refractivity (Wildman–Crippen MR) is 76.1 cm³/mol. The first-order valence-corrected chi connectivity index (χ1v) is 6.76. The zero-order chi connectivity index (χ0) is 13.5. The lowest BCUT2D eigenvalue weighted by Crippen LogP contribution is -2.48. The van der Waals surface area contributed by atoms with Crippen molar-refractivity contribution in [3.05, 3.63) is 0 Å². The molecule has 2 atom stereocenters. The van der Waals surface area contributed by atoms with Gasteiger partial charge in [0.1, 0.15) is 0 Å². The van der Waals surface area contributed by atoms with Crippen LogP contribution in [0.15, 0.2) is 4.99 Å². The molecule has 106 valence electrons. The van der Waals surface area contributed by atoms with Crippen LogP contribution in [-0.2, 0) is 4.74 Å². The van der Waals surface area contributed by atoms with E-state index in [4.69, 9.17) is 4.74 Å². The van der Waals surface area contributed by atoms with E-state index in [1.165, 1.54) is 12.8 Å². The molecule has 1 aliphatic carbocycles. The highest BCUT2D eigenvalue weighted by Crippen LogP contribution is 2.26. The summed E-state index contributed by atoms with van der Waals surface area (Å²) in [5, 5.41) is 6.67. The Morgan fingerprint density at radius 2 is 2.11 bits per heavy atom. The molecule has 2 unspecified atom stereocenters. The van der Waals surface area contributed by atoms with Crippen molar-refractivity contribution >= 4 is 5.96 Å². The molecule has 0 aliphatic heterocycles. The minimum Gasteiger partial charge on any atom is -0.383 e.